The zero-order valence-corrected chi connectivity index (χ0v) is 12.4. The van der Waals surface area contributed by atoms with Crippen molar-refractivity contribution < 1.29 is 9.90 Å². The second kappa shape index (κ2) is 8.31. The number of aliphatic hydroxyl groups is 1. The fraction of sp³-hybridized carbons (Fsp3) is 0.706. The van der Waals surface area contributed by atoms with Crippen LogP contribution in [0.5, 0.6) is 0 Å². The first kappa shape index (κ1) is 16.2. The summed E-state index contributed by atoms with van der Waals surface area (Å²) in [4.78, 5) is 10.2. The Hall–Kier alpha value is -0.890. The minimum atomic E-state index is -0.519. The van der Waals surface area contributed by atoms with E-state index in [9.17, 15) is 9.90 Å². The number of allylic oxidation sites excluding steroid dienone is 2. The zero-order chi connectivity index (χ0) is 14.1. The van der Waals surface area contributed by atoms with Crippen LogP contribution in [0.3, 0.4) is 0 Å². The first-order valence-corrected chi connectivity index (χ1v) is 7.70. The van der Waals surface area contributed by atoms with E-state index < -0.39 is 5.60 Å². The van der Waals surface area contributed by atoms with Gasteiger partial charge in [-0.25, -0.2) is 0 Å². The molecule has 0 radical (unpaired) electrons. The molecule has 1 fully saturated rings. The fourth-order valence-electron chi connectivity index (χ4n) is 2.78. The molecule has 2 aliphatic rings. The third kappa shape index (κ3) is 5.32. The Morgan fingerprint density at radius 3 is 2.21 bits per heavy atom. The van der Waals surface area contributed by atoms with Crippen LogP contribution in [-0.2, 0) is 4.79 Å². The van der Waals surface area contributed by atoms with E-state index in [1.54, 1.807) is 0 Å². The number of carbonyl (C=O) groups excluding carboxylic acids is 1. The molecule has 2 aliphatic carbocycles. The summed E-state index contributed by atoms with van der Waals surface area (Å²) in [6.45, 7) is 3.76. The number of Topliss-reactive ketones (excluding diaryl/α,β-unsaturated/α-hetero) is 1. The summed E-state index contributed by atoms with van der Waals surface area (Å²) in [6.07, 6.45) is 16.6. The highest BCUT2D eigenvalue weighted by Crippen LogP contribution is 2.36. The lowest BCUT2D eigenvalue weighted by Crippen LogP contribution is -2.37. The van der Waals surface area contributed by atoms with E-state index in [1.165, 1.54) is 32.1 Å². The van der Waals surface area contributed by atoms with Gasteiger partial charge in [0.05, 0.1) is 5.60 Å². The Morgan fingerprint density at radius 1 is 1.16 bits per heavy atom. The van der Waals surface area contributed by atoms with Crippen LogP contribution in [0.2, 0.25) is 0 Å². The van der Waals surface area contributed by atoms with Gasteiger partial charge in [-0.1, -0.05) is 57.4 Å². The molecule has 2 heteroatoms. The molecule has 0 amide bonds. The van der Waals surface area contributed by atoms with Crippen molar-refractivity contribution >= 4 is 5.78 Å². The smallest absolute Gasteiger partial charge is 0.132 e. The summed E-state index contributed by atoms with van der Waals surface area (Å²) >= 11 is 0. The van der Waals surface area contributed by atoms with Gasteiger partial charge in [-0.2, -0.15) is 0 Å². The predicted octanol–water partition coefficient (Wildman–Crippen LogP) is 4.19. The summed E-state index contributed by atoms with van der Waals surface area (Å²) in [5.74, 6) is 0.845. The minimum absolute atomic E-state index is 0.343. The van der Waals surface area contributed by atoms with Crippen LogP contribution in [0.15, 0.2) is 24.3 Å². The summed E-state index contributed by atoms with van der Waals surface area (Å²) < 4.78 is 0. The molecule has 19 heavy (non-hydrogen) atoms. The highest BCUT2D eigenvalue weighted by molar-refractivity contribution is 5.77. The molecule has 0 aromatic rings. The Bertz CT molecular complexity index is 318. The van der Waals surface area contributed by atoms with Crippen molar-refractivity contribution in [3.63, 3.8) is 0 Å². The van der Waals surface area contributed by atoms with Crippen molar-refractivity contribution in [3.8, 4) is 0 Å². The molecule has 0 bridgehead atoms. The van der Waals surface area contributed by atoms with Gasteiger partial charge >= 0.3 is 0 Å². The van der Waals surface area contributed by atoms with E-state index in [0.717, 1.165) is 6.42 Å². The molecule has 2 rings (SSSR count). The molecule has 0 saturated heterocycles. The summed E-state index contributed by atoms with van der Waals surface area (Å²) in [5, 5.41) is 10.4. The Labute approximate surface area is 117 Å². The van der Waals surface area contributed by atoms with Gasteiger partial charge in [-0.05, 0) is 25.2 Å². The molecule has 1 saturated carbocycles. The van der Waals surface area contributed by atoms with Crippen LogP contribution in [0.4, 0.5) is 0 Å². The lowest BCUT2D eigenvalue weighted by atomic mass is 9.74. The fourth-order valence-corrected chi connectivity index (χ4v) is 2.78. The SMILES string of the molecule is CCC(=O)CC.OC1(C2CCCCC2)C=CC=CC1. The topological polar surface area (TPSA) is 37.3 Å². The van der Waals surface area contributed by atoms with Crippen LogP contribution >= 0.6 is 0 Å². The molecule has 1 atom stereocenters. The van der Waals surface area contributed by atoms with Gasteiger partial charge in [0.25, 0.3) is 0 Å². The molecule has 2 nitrogen and oxygen atoms in total. The first-order valence-electron chi connectivity index (χ1n) is 7.70. The summed E-state index contributed by atoms with van der Waals surface area (Å²) in [6, 6.07) is 0. The first-order chi connectivity index (χ1) is 9.12. The normalized spacial score (nSPS) is 26.7. The molecule has 108 valence electrons. The van der Waals surface area contributed by atoms with Crippen molar-refractivity contribution in [1.82, 2.24) is 0 Å². The minimum Gasteiger partial charge on any atom is -0.385 e. The largest absolute Gasteiger partial charge is 0.385 e. The molecule has 1 unspecified atom stereocenters. The Morgan fingerprint density at radius 2 is 1.79 bits per heavy atom. The molecule has 0 aromatic heterocycles. The average Bonchev–Trinajstić information content (AvgIpc) is 2.49. The third-order valence-corrected chi connectivity index (χ3v) is 4.18. The van der Waals surface area contributed by atoms with Gasteiger partial charge < -0.3 is 5.11 Å². The van der Waals surface area contributed by atoms with Crippen LogP contribution < -0.4 is 0 Å². The molecular formula is C17H28O2. The summed E-state index contributed by atoms with van der Waals surface area (Å²) in [7, 11) is 0. The molecule has 0 aromatic carbocycles. The number of carbonyl (C=O) groups is 1. The number of hydrogen-bond acceptors (Lipinski definition) is 2. The second-order valence-electron chi connectivity index (χ2n) is 5.56. The van der Waals surface area contributed by atoms with E-state index in [-0.39, 0.29) is 0 Å². The van der Waals surface area contributed by atoms with Gasteiger partial charge in [0.15, 0.2) is 0 Å². The number of hydrogen-bond donors (Lipinski definition) is 1. The monoisotopic (exact) mass is 264 g/mol. The quantitative estimate of drug-likeness (QED) is 0.830. The zero-order valence-electron chi connectivity index (χ0n) is 12.4. The van der Waals surface area contributed by atoms with Gasteiger partial charge in [0.2, 0.25) is 0 Å². The van der Waals surface area contributed by atoms with E-state index in [4.69, 9.17) is 0 Å². The van der Waals surface area contributed by atoms with E-state index in [1.807, 2.05) is 32.1 Å². The van der Waals surface area contributed by atoms with Crippen molar-refractivity contribution in [1.29, 1.82) is 0 Å². The van der Waals surface area contributed by atoms with Crippen molar-refractivity contribution in [3.05, 3.63) is 24.3 Å². The number of ketones is 1. The van der Waals surface area contributed by atoms with Crippen molar-refractivity contribution in [2.24, 2.45) is 5.92 Å². The maximum atomic E-state index is 10.4. The van der Waals surface area contributed by atoms with Crippen LogP contribution in [0, 0.1) is 5.92 Å². The van der Waals surface area contributed by atoms with Crippen molar-refractivity contribution in [2.75, 3.05) is 0 Å². The highest BCUT2D eigenvalue weighted by Gasteiger charge is 2.34. The lowest BCUT2D eigenvalue weighted by molar-refractivity contribution is -0.118. The van der Waals surface area contributed by atoms with E-state index in [0.29, 0.717) is 24.5 Å². The van der Waals surface area contributed by atoms with Gasteiger partial charge in [-0.3, -0.25) is 4.79 Å². The third-order valence-electron chi connectivity index (χ3n) is 4.18. The molecular weight excluding hydrogens is 236 g/mol. The molecule has 1 N–H and O–H groups in total. The van der Waals surface area contributed by atoms with Crippen LogP contribution in [-0.4, -0.2) is 16.5 Å². The maximum absolute atomic E-state index is 10.4. The Kier molecular flexibility index (Phi) is 7.07. The number of rotatable bonds is 3. The highest BCUT2D eigenvalue weighted by atomic mass is 16.3. The van der Waals surface area contributed by atoms with Crippen LogP contribution in [0.1, 0.15) is 65.2 Å². The van der Waals surface area contributed by atoms with Gasteiger partial charge in [0, 0.05) is 12.8 Å². The molecule has 0 aliphatic heterocycles. The predicted molar refractivity (Wildman–Crippen MR) is 80.0 cm³/mol. The average molecular weight is 264 g/mol. The molecule has 0 heterocycles. The molecule has 0 spiro atoms. The summed E-state index contributed by atoms with van der Waals surface area (Å²) in [5.41, 5.74) is -0.519. The second-order valence-corrected chi connectivity index (χ2v) is 5.56. The van der Waals surface area contributed by atoms with E-state index in [2.05, 4.69) is 6.08 Å². The standard InChI is InChI=1S/C12H18O.C5H10O/c13-12(9-5-2-6-10-12)11-7-3-1-4-8-11;1-3-5(6)4-2/h2,5-6,9,11,13H,1,3-4,7-8,10H2;3-4H2,1-2H3. The van der Waals surface area contributed by atoms with E-state index >= 15 is 0 Å². The van der Waals surface area contributed by atoms with Gasteiger partial charge in [-0.15, -0.1) is 0 Å². The Balaban J connectivity index is 0.000000258. The maximum Gasteiger partial charge on any atom is 0.132 e. The lowest BCUT2D eigenvalue weighted by Gasteiger charge is -2.36. The van der Waals surface area contributed by atoms with Crippen LogP contribution in [0.25, 0.3) is 0 Å². The van der Waals surface area contributed by atoms with Gasteiger partial charge in [0.1, 0.15) is 5.78 Å². The van der Waals surface area contributed by atoms with Crippen molar-refractivity contribution in [2.45, 2.75) is 70.8 Å².